The van der Waals surface area contributed by atoms with E-state index >= 15 is 0 Å². The fourth-order valence-corrected chi connectivity index (χ4v) is 3.11. The maximum absolute atomic E-state index is 6.39. The van der Waals surface area contributed by atoms with Crippen LogP contribution >= 0.6 is 27.5 Å². The lowest BCUT2D eigenvalue weighted by molar-refractivity contribution is 0.637. The molecule has 2 nitrogen and oxygen atoms in total. The molecule has 1 atom stereocenters. The van der Waals surface area contributed by atoms with Crippen molar-refractivity contribution in [3.05, 3.63) is 81.3 Å². The van der Waals surface area contributed by atoms with Crippen LogP contribution in [-0.4, -0.2) is 0 Å². The van der Waals surface area contributed by atoms with Crippen molar-refractivity contribution in [3.8, 4) is 0 Å². The molecule has 0 amide bonds. The molecule has 106 valence electrons. The van der Waals surface area contributed by atoms with E-state index < -0.39 is 0 Å². The van der Waals surface area contributed by atoms with Gasteiger partial charge in [-0.1, -0.05) is 60.1 Å². The third-order valence-electron chi connectivity index (χ3n) is 3.57. The Labute approximate surface area is 137 Å². The second-order valence-electron chi connectivity index (χ2n) is 4.85. The zero-order chi connectivity index (χ0) is 14.8. The van der Waals surface area contributed by atoms with Crippen molar-refractivity contribution in [2.45, 2.75) is 6.04 Å². The van der Waals surface area contributed by atoms with E-state index in [0.29, 0.717) is 5.02 Å². The van der Waals surface area contributed by atoms with Crippen molar-refractivity contribution in [2.75, 3.05) is 0 Å². The minimum absolute atomic E-state index is 0.153. The van der Waals surface area contributed by atoms with Gasteiger partial charge >= 0.3 is 0 Å². The Balaban J connectivity index is 2.11. The highest BCUT2D eigenvalue weighted by atomic mass is 79.9. The zero-order valence-electron chi connectivity index (χ0n) is 11.2. The molecule has 0 radical (unpaired) electrons. The minimum Gasteiger partial charge on any atom is -0.271 e. The number of halogens is 2. The summed E-state index contributed by atoms with van der Waals surface area (Å²) in [6.07, 6.45) is 0. The summed E-state index contributed by atoms with van der Waals surface area (Å²) < 4.78 is 0.864. The Hall–Kier alpha value is -1.39. The number of nitrogens with one attached hydrogen (secondary N) is 1. The lowest BCUT2D eigenvalue weighted by atomic mass is 9.97. The van der Waals surface area contributed by atoms with Crippen LogP contribution in [0.3, 0.4) is 0 Å². The molecule has 3 rings (SSSR count). The number of fused-ring (bicyclic) bond motifs is 1. The third kappa shape index (κ3) is 2.83. The first-order valence-electron chi connectivity index (χ1n) is 6.59. The van der Waals surface area contributed by atoms with Crippen LogP contribution in [0.4, 0.5) is 0 Å². The SMILES string of the molecule is NNC(c1ccc2ccccc2c1)c1cccc(Br)c1Cl. The van der Waals surface area contributed by atoms with Gasteiger partial charge in [0.1, 0.15) is 0 Å². The Morgan fingerprint density at radius 1 is 0.952 bits per heavy atom. The van der Waals surface area contributed by atoms with Crippen LogP contribution in [0.5, 0.6) is 0 Å². The molecule has 0 aliphatic heterocycles. The van der Waals surface area contributed by atoms with Crippen molar-refractivity contribution in [1.29, 1.82) is 0 Å². The maximum Gasteiger partial charge on any atom is 0.0725 e. The first kappa shape index (κ1) is 14.5. The molecule has 0 bridgehead atoms. The summed E-state index contributed by atoms with van der Waals surface area (Å²) in [5.74, 6) is 5.78. The minimum atomic E-state index is -0.153. The first-order valence-corrected chi connectivity index (χ1v) is 7.76. The summed E-state index contributed by atoms with van der Waals surface area (Å²) in [5, 5.41) is 3.06. The van der Waals surface area contributed by atoms with Crippen LogP contribution in [-0.2, 0) is 0 Å². The molecule has 1 unspecified atom stereocenters. The molecule has 0 spiro atoms. The summed E-state index contributed by atoms with van der Waals surface area (Å²) in [6.45, 7) is 0. The van der Waals surface area contributed by atoms with Crippen molar-refractivity contribution < 1.29 is 0 Å². The number of benzene rings is 3. The average Bonchev–Trinajstić information content (AvgIpc) is 2.52. The lowest BCUT2D eigenvalue weighted by Gasteiger charge is -2.19. The molecule has 0 aliphatic carbocycles. The number of nitrogens with two attached hydrogens (primary N) is 1. The second kappa shape index (κ2) is 6.16. The van der Waals surface area contributed by atoms with Gasteiger partial charge in [0.15, 0.2) is 0 Å². The maximum atomic E-state index is 6.39. The van der Waals surface area contributed by atoms with Gasteiger partial charge in [-0.05, 0) is 50.0 Å². The van der Waals surface area contributed by atoms with Crippen molar-refractivity contribution >= 4 is 38.3 Å². The van der Waals surface area contributed by atoms with Crippen molar-refractivity contribution in [3.63, 3.8) is 0 Å². The molecular weight excluding hydrogens is 348 g/mol. The van der Waals surface area contributed by atoms with Gasteiger partial charge in [-0.3, -0.25) is 5.84 Å². The standard InChI is InChI=1S/C17H14BrClN2/c18-15-7-3-6-14(16(15)19)17(21-20)13-9-8-11-4-1-2-5-12(11)10-13/h1-10,17,21H,20H2. The molecule has 0 saturated heterocycles. The number of hydrazine groups is 1. The number of rotatable bonds is 3. The molecule has 0 aliphatic rings. The fourth-order valence-electron chi connectivity index (χ4n) is 2.50. The van der Waals surface area contributed by atoms with Crippen molar-refractivity contribution in [1.82, 2.24) is 5.43 Å². The van der Waals surface area contributed by atoms with Crippen LogP contribution in [0.1, 0.15) is 17.2 Å². The molecule has 3 aromatic carbocycles. The first-order chi connectivity index (χ1) is 10.2. The average molecular weight is 362 g/mol. The smallest absolute Gasteiger partial charge is 0.0725 e. The van der Waals surface area contributed by atoms with Crippen molar-refractivity contribution in [2.24, 2.45) is 5.84 Å². The van der Waals surface area contributed by atoms with E-state index in [2.05, 4.69) is 51.7 Å². The normalized spacial score (nSPS) is 12.5. The highest BCUT2D eigenvalue weighted by Gasteiger charge is 2.17. The van der Waals surface area contributed by atoms with Crippen LogP contribution < -0.4 is 11.3 Å². The van der Waals surface area contributed by atoms with E-state index in [0.717, 1.165) is 15.6 Å². The largest absolute Gasteiger partial charge is 0.271 e. The van der Waals surface area contributed by atoms with Crippen LogP contribution in [0.25, 0.3) is 10.8 Å². The number of hydrogen-bond acceptors (Lipinski definition) is 2. The van der Waals surface area contributed by atoms with Gasteiger partial charge in [-0.25, -0.2) is 5.43 Å². The van der Waals surface area contributed by atoms with Gasteiger partial charge in [-0.15, -0.1) is 0 Å². The van der Waals surface area contributed by atoms with Gasteiger partial charge in [0.25, 0.3) is 0 Å². The van der Waals surface area contributed by atoms with E-state index in [1.165, 1.54) is 10.8 Å². The van der Waals surface area contributed by atoms with Gasteiger partial charge in [-0.2, -0.15) is 0 Å². The zero-order valence-corrected chi connectivity index (χ0v) is 13.5. The molecule has 21 heavy (non-hydrogen) atoms. The second-order valence-corrected chi connectivity index (χ2v) is 6.08. The van der Waals surface area contributed by atoms with E-state index in [1.807, 2.05) is 30.3 Å². The Morgan fingerprint density at radius 2 is 1.71 bits per heavy atom. The Morgan fingerprint density at radius 3 is 2.48 bits per heavy atom. The molecule has 4 heteroatoms. The summed E-state index contributed by atoms with van der Waals surface area (Å²) >= 11 is 9.85. The molecular formula is C17H14BrClN2. The monoisotopic (exact) mass is 360 g/mol. The molecule has 0 heterocycles. The van der Waals surface area contributed by atoms with Gasteiger partial charge in [0.2, 0.25) is 0 Å². The molecule has 3 N–H and O–H groups in total. The summed E-state index contributed by atoms with van der Waals surface area (Å²) in [4.78, 5) is 0. The van der Waals surface area contributed by atoms with Gasteiger partial charge < -0.3 is 0 Å². The van der Waals surface area contributed by atoms with Crippen LogP contribution in [0, 0.1) is 0 Å². The number of hydrogen-bond donors (Lipinski definition) is 2. The van der Waals surface area contributed by atoms with Gasteiger partial charge in [0.05, 0.1) is 11.1 Å². The lowest BCUT2D eigenvalue weighted by Crippen LogP contribution is -2.29. The van der Waals surface area contributed by atoms with E-state index in [9.17, 15) is 0 Å². The summed E-state index contributed by atoms with van der Waals surface area (Å²) in [7, 11) is 0. The summed E-state index contributed by atoms with van der Waals surface area (Å²) in [5.41, 5.74) is 4.89. The molecule has 0 fully saturated rings. The predicted molar refractivity (Wildman–Crippen MR) is 92.3 cm³/mol. The van der Waals surface area contributed by atoms with E-state index in [-0.39, 0.29) is 6.04 Å². The Kier molecular flexibility index (Phi) is 4.27. The quantitative estimate of drug-likeness (QED) is 0.519. The Bertz CT molecular complexity index is 789. The highest BCUT2D eigenvalue weighted by molar-refractivity contribution is 9.10. The fraction of sp³-hybridized carbons (Fsp3) is 0.0588. The van der Waals surface area contributed by atoms with E-state index in [1.54, 1.807) is 0 Å². The van der Waals surface area contributed by atoms with Crippen LogP contribution in [0.2, 0.25) is 5.02 Å². The molecule has 0 aromatic heterocycles. The highest BCUT2D eigenvalue weighted by Crippen LogP contribution is 2.33. The van der Waals surface area contributed by atoms with Gasteiger partial charge in [0, 0.05) is 4.47 Å². The third-order valence-corrected chi connectivity index (χ3v) is 4.88. The summed E-state index contributed by atoms with van der Waals surface area (Å²) in [6, 6.07) is 20.3. The van der Waals surface area contributed by atoms with E-state index in [4.69, 9.17) is 17.4 Å². The topological polar surface area (TPSA) is 38.0 Å². The molecule has 0 saturated carbocycles. The molecule has 3 aromatic rings. The van der Waals surface area contributed by atoms with Crippen LogP contribution in [0.15, 0.2) is 65.1 Å². The predicted octanol–water partition coefficient (Wildman–Crippen LogP) is 4.81.